The molecule has 0 amide bonds. The number of rotatable bonds is 3. The van der Waals surface area contributed by atoms with E-state index in [0.717, 1.165) is 20.8 Å². The molecule has 1 aliphatic heterocycles. The fourth-order valence-electron chi connectivity index (χ4n) is 1.89. The number of carbonyl (C=O) groups excluding carboxylic acids is 3. The molecular formula is C12H18O8. The molecule has 0 unspecified atom stereocenters. The molecule has 1 N–H and O–H groups in total. The van der Waals surface area contributed by atoms with Gasteiger partial charge in [-0.15, -0.1) is 0 Å². The molecular weight excluding hydrogens is 272 g/mol. The van der Waals surface area contributed by atoms with Crippen molar-refractivity contribution in [1.29, 1.82) is 0 Å². The molecule has 1 rings (SSSR count). The number of ether oxygens (including phenoxy) is 4. The highest BCUT2D eigenvalue weighted by molar-refractivity contribution is 5.68. The van der Waals surface area contributed by atoms with Crippen molar-refractivity contribution in [3.8, 4) is 0 Å². The fourth-order valence-corrected chi connectivity index (χ4v) is 1.89. The Morgan fingerprint density at radius 3 is 1.80 bits per heavy atom. The Bertz CT molecular complexity index is 393. The van der Waals surface area contributed by atoms with E-state index in [1.54, 1.807) is 0 Å². The van der Waals surface area contributed by atoms with Crippen LogP contribution in [0.15, 0.2) is 0 Å². The topological polar surface area (TPSA) is 108 Å². The van der Waals surface area contributed by atoms with E-state index in [1.165, 1.54) is 6.92 Å². The first-order valence-electron chi connectivity index (χ1n) is 6.07. The van der Waals surface area contributed by atoms with Crippen LogP contribution in [0.2, 0.25) is 0 Å². The molecule has 0 spiro atoms. The minimum absolute atomic E-state index is 0.655. The monoisotopic (exact) mass is 290 g/mol. The zero-order valence-electron chi connectivity index (χ0n) is 11.7. The summed E-state index contributed by atoms with van der Waals surface area (Å²) in [6.07, 6.45) is -5.64. The van der Waals surface area contributed by atoms with Gasteiger partial charge in [0, 0.05) is 20.8 Å². The minimum Gasteiger partial charge on any atom is -0.455 e. The lowest BCUT2D eigenvalue weighted by Crippen LogP contribution is -2.60. The molecule has 1 fully saturated rings. The van der Waals surface area contributed by atoms with E-state index in [1.807, 2.05) is 0 Å². The second-order valence-electron chi connectivity index (χ2n) is 4.46. The van der Waals surface area contributed by atoms with Crippen molar-refractivity contribution in [2.24, 2.45) is 0 Å². The lowest BCUT2D eigenvalue weighted by molar-refractivity contribution is -0.290. The number of aliphatic hydroxyl groups is 1. The summed E-state index contributed by atoms with van der Waals surface area (Å²) in [5.41, 5.74) is 0. The first-order chi connectivity index (χ1) is 9.22. The molecule has 1 heterocycles. The molecule has 20 heavy (non-hydrogen) atoms. The van der Waals surface area contributed by atoms with Crippen molar-refractivity contribution in [2.45, 2.75) is 58.4 Å². The Hall–Kier alpha value is -1.67. The van der Waals surface area contributed by atoms with Crippen molar-refractivity contribution in [2.75, 3.05) is 0 Å². The average Bonchev–Trinajstić information content (AvgIpc) is 2.28. The highest BCUT2D eigenvalue weighted by Crippen LogP contribution is 2.27. The normalized spacial score (nSPS) is 33.1. The zero-order valence-corrected chi connectivity index (χ0v) is 11.7. The van der Waals surface area contributed by atoms with Crippen LogP contribution in [-0.4, -0.2) is 53.7 Å². The molecule has 0 aromatic rings. The summed E-state index contributed by atoms with van der Waals surface area (Å²) in [4.78, 5) is 33.3. The fraction of sp³-hybridized carbons (Fsp3) is 0.750. The van der Waals surface area contributed by atoms with Crippen molar-refractivity contribution >= 4 is 17.9 Å². The minimum atomic E-state index is -1.25. The van der Waals surface area contributed by atoms with Crippen molar-refractivity contribution in [3.05, 3.63) is 0 Å². The van der Waals surface area contributed by atoms with Gasteiger partial charge in [-0.3, -0.25) is 14.4 Å². The first-order valence-corrected chi connectivity index (χ1v) is 6.07. The van der Waals surface area contributed by atoms with E-state index in [4.69, 9.17) is 18.9 Å². The molecule has 0 bridgehead atoms. The predicted octanol–water partition coefficient (Wildman–Crippen LogP) is -0.481. The molecule has 0 radical (unpaired) electrons. The van der Waals surface area contributed by atoms with Crippen LogP contribution in [0.1, 0.15) is 27.7 Å². The van der Waals surface area contributed by atoms with E-state index in [0.29, 0.717) is 0 Å². The van der Waals surface area contributed by atoms with Gasteiger partial charge < -0.3 is 24.1 Å². The molecule has 1 aliphatic rings. The third-order valence-electron chi connectivity index (χ3n) is 2.64. The van der Waals surface area contributed by atoms with Crippen molar-refractivity contribution in [3.63, 3.8) is 0 Å². The summed E-state index contributed by atoms with van der Waals surface area (Å²) in [6.45, 7) is 4.96. The smallest absolute Gasteiger partial charge is 0.305 e. The summed E-state index contributed by atoms with van der Waals surface area (Å²) in [6, 6.07) is 0. The highest BCUT2D eigenvalue weighted by atomic mass is 16.7. The Balaban J connectivity index is 3.00. The van der Waals surface area contributed by atoms with Crippen LogP contribution in [0.25, 0.3) is 0 Å². The van der Waals surface area contributed by atoms with Gasteiger partial charge in [0.25, 0.3) is 0 Å². The zero-order chi connectivity index (χ0) is 15.4. The van der Waals surface area contributed by atoms with Crippen LogP contribution in [0, 0.1) is 0 Å². The van der Waals surface area contributed by atoms with Gasteiger partial charge >= 0.3 is 17.9 Å². The van der Waals surface area contributed by atoms with Crippen LogP contribution in [0.5, 0.6) is 0 Å². The van der Waals surface area contributed by atoms with Crippen LogP contribution in [0.4, 0.5) is 0 Å². The summed E-state index contributed by atoms with van der Waals surface area (Å²) >= 11 is 0. The van der Waals surface area contributed by atoms with E-state index in [2.05, 4.69) is 0 Å². The van der Waals surface area contributed by atoms with Crippen LogP contribution in [-0.2, 0) is 33.3 Å². The third kappa shape index (κ3) is 4.17. The van der Waals surface area contributed by atoms with Crippen LogP contribution >= 0.6 is 0 Å². The summed E-state index contributed by atoms with van der Waals surface area (Å²) in [5.74, 6) is -2.01. The largest absolute Gasteiger partial charge is 0.455 e. The van der Waals surface area contributed by atoms with Gasteiger partial charge in [-0.1, -0.05) is 0 Å². The van der Waals surface area contributed by atoms with Gasteiger partial charge in [-0.05, 0) is 6.92 Å². The molecule has 8 nitrogen and oxygen atoms in total. The number of aliphatic hydroxyl groups excluding tert-OH is 1. The molecule has 8 heteroatoms. The Kier molecular flexibility index (Phi) is 5.46. The van der Waals surface area contributed by atoms with E-state index in [-0.39, 0.29) is 0 Å². The summed E-state index contributed by atoms with van der Waals surface area (Å²) in [7, 11) is 0. The summed E-state index contributed by atoms with van der Waals surface area (Å²) in [5, 5.41) is 9.99. The maximum atomic E-state index is 11.1. The molecule has 0 aromatic heterocycles. The van der Waals surface area contributed by atoms with Crippen LogP contribution in [0.3, 0.4) is 0 Å². The lowest BCUT2D eigenvalue weighted by Gasteiger charge is -2.41. The van der Waals surface area contributed by atoms with Gasteiger partial charge in [-0.2, -0.15) is 0 Å². The van der Waals surface area contributed by atoms with Gasteiger partial charge in [0.05, 0.1) is 6.10 Å². The van der Waals surface area contributed by atoms with Gasteiger partial charge in [-0.25, -0.2) is 0 Å². The van der Waals surface area contributed by atoms with Gasteiger partial charge in [0.15, 0.2) is 6.10 Å². The Labute approximate surface area is 115 Å². The third-order valence-corrected chi connectivity index (χ3v) is 2.64. The quantitative estimate of drug-likeness (QED) is 0.548. The predicted molar refractivity (Wildman–Crippen MR) is 63.2 cm³/mol. The average molecular weight is 290 g/mol. The maximum absolute atomic E-state index is 11.1. The number of esters is 3. The van der Waals surface area contributed by atoms with Gasteiger partial charge in [0.2, 0.25) is 12.4 Å². The number of hydrogen-bond acceptors (Lipinski definition) is 8. The van der Waals surface area contributed by atoms with E-state index < -0.39 is 48.6 Å². The van der Waals surface area contributed by atoms with Crippen LogP contribution < -0.4 is 0 Å². The van der Waals surface area contributed by atoms with Crippen molar-refractivity contribution in [1.82, 2.24) is 0 Å². The Morgan fingerprint density at radius 2 is 1.35 bits per heavy atom. The standard InChI is InChI=1S/C12H18O8/c1-5-9(16)10(18-6(2)13)11(19-7(3)14)12(17-5)20-8(4)15/h5,9-12,16H,1-4H3/t5-,9+,10+,11+,12+/m1/s1. The van der Waals surface area contributed by atoms with Crippen molar-refractivity contribution < 1.29 is 38.4 Å². The van der Waals surface area contributed by atoms with E-state index in [9.17, 15) is 19.5 Å². The lowest BCUT2D eigenvalue weighted by atomic mass is 9.99. The van der Waals surface area contributed by atoms with E-state index >= 15 is 0 Å². The highest BCUT2D eigenvalue weighted by Gasteiger charge is 2.49. The van der Waals surface area contributed by atoms with Gasteiger partial charge in [0.1, 0.15) is 6.10 Å². The number of hydrogen-bond donors (Lipinski definition) is 1. The second kappa shape index (κ2) is 6.67. The molecule has 5 atom stereocenters. The first kappa shape index (κ1) is 16.4. The number of carbonyl (C=O) groups is 3. The molecule has 0 saturated carbocycles. The Morgan fingerprint density at radius 1 is 0.900 bits per heavy atom. The SMILES string of the molecule is CC(=O)O[C@@H]1O[C@H](C)[C@H](O)[C@H](OC(C)=O)[C@@H]1OC(C)=O. The second-order valence-corrected chi connectivity index (χ2v) is 4.46. The molecule has 0 aliphatic carbocycles. The molecule has 1 saturated heterocycles. The summed E-state index contributed by atoms with van der Waals surface area (Å²) < 4.78 is 20.1. The molecule has 0 aromatic carbocycles. The maximum Gasteiger partial charge on any atom is 0.305 e. The molecule has 114 valence electrons.